The van der Waals surface area contributed by atoms with Crippen LogP contribution in [0.5, 0.6) is 0 Å². The van der Waals surface area contributed by atoms with E-state index >= 15 is 0 Å². The first-order valence-corrected chi connectivity index (χ1v) is 8.27. The Morgan fingerprint density at radius 2 is 2.10 bits per heavy atom. The molecule has 1 atom stereocenters. The normalized spacial score (nSPS) is 14.0. The van der Waals surface area contributed by atoms with E-state index in [0.717, 1.165) is 23.5 Å². The molecule has 5 nitrogen and oxygen atoms in total. The molecule has 0 aliphatic carbocycles. The van der Waals surface area contributed by atoms with E-state index in [0.29, 0.717) is 6.54 Å². The maximum Gasteiger partial charge on any atom is 0.314 e. The van der Waals surface area contributed by atoms with Gasteiger partial charge in [-0.1, -0.05) is 20.8 Å². The van der Waals surface area contributed by atoms with Gasteiger partial charge in [0.2, 0.25) is 0 Å². The lowest BCUT2D eigenvalue weighted by Crippen LogP contribution is -2.47. The van der Waals surface area contributed by atoms with Gasteiger partial charge < -0.3 is 15.7 Å². The fourth-order valence-electron chi connectivity index (χ4n) is 1.73. The van der Waals surface area contributed by atoms with Crippen LogP contribution in [0.15, 0.2) is 0 Å². The molecule has 1 rings (SSSR count). The summed E-state index contributed by atoms with van der Waals surface area (Å²) in [6, 6.07) is -0.250. The molecule has 6 heteroatoms. The summed E-state index contributed by atoms with van der Waals surface area (Å²) < 4.78 is 0. The molecule has 0 spiro atoms. The molecule has 1 aromatic rings. The molecule has 21 heavy (non-hydrogen) atoms. The summed E-state index contributed by atoms with van der Waals surface area (Å²) in [6.45, 7) is 10.5. The van der Waals surface area contributed by atoms with E-state index in [2.05, 4.69) is 29.5 Å². The van der Waals surface area contributed by atoms with Gasteiger partial charge in [-0.3, -0.25) is 0 Å². The van der Waals surface area contributed by atoms with Crippen LogP contribution in [0.1, 0.15) is 43.3 Å². The van der Waals surface area contributed by atoms with Gasteiger partial charge in [0.05, 0.1) is 16.3 Å². The molecule has 2 amide bonds. The minimum atomic E-state index is -0.889. The smallest absolute Gasteiger partial charge is 0.314 e. The Hall–Kier alpha value is -1.14. The predicted octanol–water partition coefficient (Wildman–Crippen LogP) is 2.26. The number of thiazole rings is 1. The van der Waals surface area contributed by atoms with Gasteiger partial charge in [0.15, 0.2) is 0 Å². The molecule has 0 aliphatic rings. The number of aryl methyl sites for hydroxylation is 2. The second-order valence-corrected chi connectivity index (χ2v) is 7.12. The van der Waals surface area contributed by atoms with Gasteiger partial charge in [-0.15, -0.1) is 11.3 Å². The lowest BCUT2D eigenvalue weighted by molar-refractivity contribution is 0.0166. The largest absolute Gasteiger partial charge is 0.388 e. The first-order chi connectivity index (χ1) is 9.76. The van der Waals surface area contributed by atoms with Crippen LogP contribution in [0.4, 0.5) is 4.79 Å². The predicted molar refractivity (Wildman–Crippen MR) is 86.8 cm³/mol. The average molecular weight is 313 g/mol. The Morgan fingerprint density at radius 1 is 1.43 bits per heavy atom. The van der Waals surface area contributed by atoms with Crippen molar-refractivity contribution in [3.05, 3.63) is 15.6 Å². The highest BCUT2D eigenvalue weighted by Gasteiger charge is 2.25. The Bertz CT molecular complexity index is 469. The van der Waals surface area contributed by atoms with Crippen LogP contribution in [0.2, 0.25) is 0 Å². The van der Waals surface area contributed by atoms with Crippen molar-refractivity contribution in [3.63, 3.8) is 0 Å². The molecular weight excluding hydrogens is 286 g/mol. The number of hydrogen-bond donors (Lipinski definition) is 3. The van der Waals surface area contributed by atoms with Crippen LogP contribution >= 0.6 is 11.3 Å². The van der Waals surface area contributed by atoms with Gasteiger partial charge in [-0.2, -0.15) is 0 Å². The Kier molecular flexibility index (Phi) is 6.61. The van der Waals surface area contributed by atoms with E-state index in [1.54, 1.807) is 18.3 Å². The van der Waals surface area contributed by atoms with Gasteiger partial charge in [-0.05, 0) is 26.2 Å². The van der Waals surface area contributed by atoms with Crippen molar-refractivity contribution >= 4 is 17.4 Å². The van der Waals surface area contributed by atoms with E-state index in [1.165, 1.54) is 4.88 Å². The zero-order valence-corrected chi connectivity index (χ0v) is 14.4. The maximum absolute atomic E-state index is 11.7. The fraction of sp³-hybridized carbons (Fsp3) is 0.733. The Labute approximate surface area is 131 Å². The Morgan fingerprint density at radius 3 is 2.62 bits per heavy atom. The van der Waals surface area contributed by atoms with E-state index < -0.39 is 5.60 Å². The number of rotatable bonds is 7. The van der Waals surface area contributed by atoms with Crippen LogP contribution in [0.3, 0.4) is 0 Å². The van der Waals surface area contributed by atoms with E-state index in [1.807, 2.05) is 13.8 Å². The van der Waals surface area contributed by atoms with Gasteiger partial charge in [0.25, 0.3) is 0 Å². The van der Waals surface area contributed by atoms with Crippen LogP contribution in [0.25, 0.3) is 0 Å². The third-order valence-electron chi connectivity index (χ3n) is 3.75. The summed E-state index contributed by atoms with van der Waals surface area (Å²) in [6.07, 6.45) is 1.68. The van der Waals surface area contributed by atoms with E-state index in [9.17, 15) is 9.90 Å². The van der Waals surface area contributed by atoms with Gasteiger partial charge in [0, 0.05) is 24.4 Å². The number of aromatic nitrogens is 1. The number of urea groups is 1. The van der Waals surface area contributed by atoms with Gasteiger partial charge in [-0.25, -0.2) is 9.78 Å². The van der Waals surface area contributed by atoms with E-state index in [4.69, 9.17) is 0 Å². The number of carbonyl (C=O) groups is 1. The maximum atomic E-state index is 11.7. The summed E-state index contributed by atoms with van der Waals surface area (Å²) in [5, 5.41) is 16.6. The lowest BCUT2D eigenvalue weighted by atomic mass is 9.93. The Balaban J connectivity index is 2.30. The summed E-state index contributed by atoms with van der Waals surface area (Å²) in [4.78, 5) is 17.5. The second-order valence-electron chi connectivity index (χ2n) is 5.84. The van der Waals surface area contributed by atoms with Crippen LogP contribution in [0, 0.1) is 12.8 Å². The van der Waals surface area contributed by atoms with Crippen molar-refractivity contribution in [3.8, 4) is 0 Å². The number of carbonyl (C=O) groups excluding carboxylic acids is 1. The molecule has 0 radical (unpaired) electrons. The van der Waals surface area contributed by atoms with Crippen molar-refractivity contribution in [2.24, 2.45) is 5.92 Å². The SMILES string of the molecule is CCc1nc(CCNC(=O)NCC(C)(O)C(C)C)sc1C. The number of hydrogen-bond acceptors (Lipinski definition) is 4. The molecule has 1 aromatic heterocycles. The standard InChI is InChI=1S/C15H27N3O2S/c1-6-12-11(4)21-13(18-12)7-8-16-14(19)17-9-15(5,20)10(2)3/h10,20H,6-9H2,1-5H3,(H2,16,17,19). The van der Waals surface area contributed by atoms with Crippen LogP contribution in [-0.4, -0.2) is 34.8 Å². The number of aliphatic hydroxyl groups is 1. The summed E-state index contributed by atoms with van der Waals surface area (Å²) in [5.74, 6) is 0.0866. The third-order valence-corrected chi connectivity index (χ3v) is 4.82. The summed E-state index contributed by atoms with van der Waals surface area (Å²) in [5.41, 5.74) is 0.257. The van der Waals surface area contributed by atoms with Gasteiger partial charge >= 0.3 is 6.03 Å². The molecule has 0 aromatic carbocycles. The molecular formula is C15H27N3O2S. The summed E-state index contributed by atoms with van der Waals surface area (Å²) in [7, 11) is 0. The molecule has 0 saturated heterocycles. The minimum Gasteiger partial charge on any atom is -0.388 e. The van der Waals surface area contributed by atoms with Gasteiger partial charge in [0.1, 0.15) is 0 Å². The second kappa shape index (κ2) is 7.75. The van der Waals surface area contributed by atoms with Crippen LogP contribution in [-0.2, 0) is 12.8 Å². The molecule has 0 bridgehead atoms. The number of nitrogens with zero attached hydrogens (tertiary/aromatic N) is 1. The number of nitrogens with one attached hydrogen (secondary N) is 2. The molecule has 3 N–H and O–H groups in total. The average Bonchev–Trinajstić information content (AvgIpc) is 2.76. The highest BCUT2D eigenvalue weighted by Crippen LogP contribution is 2.18. The zero-order chi connectivity index (χ0) is 16.0. The molecule has 1 heterocycles. The monoisotopic (exact) mass is 313 g/mol. The quantitative estimate of drug-likeness (QED) is 0.723. The van der Waals surface area contributed by atoms with Crippen molar-refractivity contribution in [1.29, 1.82) is 0 Å². The topological polar surface area (TPSA) is 74.2 Å². The first-order valence-electron chi connectivity index (χ1n) is 7.45. The van der Waals surface area contributed by atoms with Crippen molar-refractivity contribution in [2.45, 2.75) is 53.1 Å². The van der Waals surface area contributed by atoms with Crippen molar-refractivity contribution in [2.75, 3.05) is 13.1 Å². The zero-order valence-electron chi connectivity index (χ0n) is 13.6. The van der Waals surface area contributed by atoms with Crippen molar-refractivity contribution in [1.82, 2.24) is 15.6 Å². The molecule has 120 valence electrons. The van der Waals surface area contributed by atoms with Crippen LogP contribution < -0.4 is 10.6 Å². The highest BCUT2D eigenvalue weighted by molar-refractivity contribution is 7.11. The highest BCUT2D eigenvalue weighted by atomic mass is 32.1. The minimum absolute atomic E-state index is 0.0866. The molecule has 1 unspecified atom stereocenters. The van der Waals surface area contributed by atoms with Crippen molar-refractivity contribution < 1.29 is 9.90 Å². The molecule has 0 saturated carbocycles. The first kappa shape index (κ1) is 17.9. The third kappa shape index (κ3) is 5.63. The lowest BCUT2D eigenvalue weighted by Gasteiger charge is -2.27. The molecule has 0 aliphatic heterocycles. The fourth-order valence-corrected chi connectivity index (χ4v) is 2.75. The van der Waals surface area contributed by atoms with E-state index in [-0.39, 0.29) is 18.5 Å². The number of amides is 2. The summed E-state index contributed by atoms with van der Waals surface area (Å²) >= 11 is 1.69. The molecule has 0 fully saturated rings.